The number of amides is 4. The van der Waals surface area contributed by atoms with Gasteiger partial charge in [-0.15, -0.1) is 0 Å². The Balaban J connectivity index is 1.56. The van der Waals surface area contributed by atoms with E-state index in [0.717, 1.165) is 19.0 Å². The smallest absolute Gasteiger partial charge is 0.353 e. The summed E-state index contributed by atoms with van der Waals surface area (Å²) < 4.78 is 39.2. The molecule has 2 heterocycles. The highest BCUT2D eigenvalue weighted by molar-refractivity contribution is 6.38. The molecular weight excluding hydrogens is 555 g/mol. The first-order valence-corrected chi connectivity index (χ1v) is 12.8. The zero-order valence-corrected chi connectivity index (χ0v) is 21.9. The van der Waals surface area contributed by atoms with Gasteiger partial charge in [0.1, 0.15) is 5.69 Å². The Labute approximate surface area is 231 Å². The Hall–Kier alpha value is -4.00. The van der Waals surface area contributed by atoms with Gasteiger partial charge < -0.3 is 21.3 Å². The van der Waals surface area contributed by atoms with Gasteiger partial charge >= 0.3 is 6.18 Å². The minimum Gasteiger partial charge on any atom is -0.353 e. The molecule has 1 saturated carbocycles. The van der Waals surface area contributed by atoms with Gasteiger partial charge in [0.25, 0.3) is 17.7 Å². The second kappa shape index (κ2) is 11.6. The lowest BCUT2D eigenvalue weighted by Gasteiger charge is -2.21. The van der Waals surface area contributed by atoms with Crippen molar-refractivity contribution in [3.8, 4) is 0 Å². The van der Waals surface area contributed by atoms with Crippen molar-refractivity contribution >= 4 is 46.7 Å². The number of alkyl halides is 3. The lowest BCUT2D eigenvalue weighted by Crippen LogP contribution is -2.49. The molecule has 1 aromatic heterocycles. The van der Waals surface area contributed by atoms with E-state index in [2.05, 4.69) is 26.3 Å². The Morgan fingerprint density at radius 2 is 1.85 bits per heavy atom. The number of carbonyl (C=O) groups is 5. The summed E-state index contributed by atoms with van der Waals surface area (Å²) in [6.07, 6.45) is -2.17. The fraction of sp³-hybridized carbons (Fsp3) is 0.385. The predicted octanol–water partition coefficient (Wildman–Crippen LogP) is 2.87. The number of pyridine rings is 1. The van der Waals surface area contributed by atoms with Crippen LogP contribution in [-0.4, -0.2) is 52.5 Å². The highest BCUT2D eigenvalue weighted by Crippen LogP contribution is 2.29. The third kappa shape index (κ3) is 7.14. The number of hydrogen-bond acceptors (Lipinski definition) is 6. The van der Waals surface area contributed by atoms with E-state index < -0.39 is 52.9 Å². The maximum absolute atomic E-state index is 13.3. The van der Waals surface area contributed by atoms with Gasteiger partial charge in [0.2, 0.25) is 11.7 Å². The van der Waals surface area contributed by atoms with E-state index >= 15 is 0 Å². The van der Waals surface area contributed by atoms with Gasteiger partial charge in [-0.05, 0) is 62.9 Å². The van der Waals surface area contributed by atoms with Gasteiger partial charge in [0.15, 0.2) is 0 Å². The molecule has 1 saturated heterocycles. The first-order chi connectivity index (χ1) is 18.8. The summed E-state index contributed by atoms with van der Waals surface area (Å²) in [5, 5.41) is 10.2. The molecule has 1 aliphatic heterocycles. The highest BCUT2D eigenvalue weighted by Gasteiger charge is 2.38. The van der Waals surface area contributed by atoms with E-state index in [-0.39, 0.29) is 40.7 Å². The summed E-state index contributed by atoms with van der Waals surface area (Å²) >= 11 is 6.06. The second-order valence-electron chi connectivity index (χ2n) is 9.79. The Kier molecular flexibility index (Phi) is 8.43. The van der Waals surface area contributed by atoms with E-state index in [9.17, 15) is 37.1 Å². The molecule has 4 amide bonds. The van der Waals surface area contributed by atoms with Crippen LogP contribution in [0.15, 0.2) is 36.5 Å². The molecule has 0 spiro atoms. The number of Topliss-reactive ketones (excluding diaryl/α,β-unsaturated/α-hetero) is 1. The fourth-order valence-corrected chi connectivity index (χ4v) is 4.45. The van der Waals surface area contributed by atoms with Crippen LogP contribution in [-0.2, 0) is 20.6 Å². The molecule has 1 aromatic carbocycles. The van der Waals surface area contributed by atoms with Crippen LogP contribution < -0.4 is 21.3 Å². The van der Waals surface area contributed by atoms with E-state index in [1.54, 1.807) is 6.92 Å². The molecule has 1 aliphatic carbocycles. The molecule has 4 rings (SSSR count). The minimum atomic E-state index is -4.70. The quantitative estimate of drug-likeness (QED) is 0.336. The average molecular weight is 580 g/mol. The van der Waals surface area contributed by atoms with Crippen LogP contribution in [0, 0.1) is 5.92 Å². The number of nitrogens with one attached hydrogen (secondary N) is 4. The summed E-state index contributed by atoms with van der Waals surface area (Å²) in [5.74, 6) is -4.72. The second-order valence-corrected chi connectivity index (χ2v) is 10.2. The molecule has 0 bridgehead atoms. The third-order valence-corrected chi connectivity index (χ3v) is 6.71. The van der Waals surface area contributed by atoms with Crippen molar-refractivity contribution < 1.29 is 37.1 Å². The van der Waals surface area contributed by atoms with Crippen LogP contribution >= 0.6 is 11.6 Å². The molecule has 2 aliphatic rings. The Bertz CT molecular complexity index is 1360. The van der Waals surface area contributed by atoms with Gasteiger partial charge in [-0.1, -0.05) is 11.6 Å². The number of ketones is 1. The number of carbonyl (C=O) groups excluding carboxylic acids is 5. The van der Waals surface area contributed by atoms with Gasteiger partial charge in [-0.25, -0.2) is 0 Å². The van der Waals surface area contributed by atoms with Crippen molar-refractivity contribution in [2.45, 2.75) is 56.9 Å². The van der Waals surface area contributed by atoms with E-state index in [0.29, 0.717) is 18.6 Å². The van der Waals surface area contributed by atoms with Crippen LogP contribution in [0.5, 0.6) is 0 Å². The first-order valence-electron chi connectivity index (χ1n) is 12.4. The summed E-state index contributed by atoms with van der Waals surface area (Å²) in [7, 11) is 0. The summed E-state index contributed by atoms with van der Waals surface area (Å²) in [5.41, 5.74) is -2.00. The van der Waals surface area contributed by atoms with Crippen LogP contribution in [0.1, 0.15) is 59.0 Å². The van der Waals surface area contributed by atoms with Crippen LogP contribution in [0.4, 0.5) is 18.9 Å². The van der Waals surface area contributed by atoms with Crippen LogP contribution in [0.25, 0.3) is 0 Å². The van der Waals surface area contributed by atoms with Gasteiger partial charge in [0.05, 0.1) is 22.9 Å². The number of rotatable bonds is 9. The van der Waals surface area contributed by atoms with Gasteiger partial charge in [-0.2, -0.15) is 13.2 Å². The molecule has 212 valence electrons. The topological polar surface area (TPSA) is 146 Å². The highest BCUT2D eigenvalue weighted by atomic mass is 35.5. The van der Waals surface area contributed by atoms with Crippen molar-refractivity contribution in [3.05, 3.63) is 58.4 Å². The van der Waals surface area contributed by atoms with Gasteiger partial charge in [-0.3, -0.25) is 29.0 Å². The normalized spacial score (nSPS) is 19.4. The third-order valence-electron chi connectivity index (χ3n) is 6.47. The molecule has 14 heteroatoms. The molecule has 0 unspecified atom stereocenters. The van der Waals surface area contributed by atoms with Crippen LogP contribution in [0.2, 0.25) is 5.02 Å². The summed E-state index contributed by atoms with van der Waals surface area (Å²) in [6.45, 7) is 1.79. The molecule has 40 heavy (non-hydrogen) atoms. The number of nitrogens with zero attached hydrogens (tertiary/aromatic N) is 1. The average Bonchev–Trinajstić information content (AvgIpc) is 3.65. The minimum absolute atomic E-state index is 0.0821. The summed E-state index contributed by atoms with van der Waals surface area (Å²) in [6, 6.07) is 3.40. The Morgan fingerprint density at radius 3 is 2.48 bits per heavy atom. The maximum Gasteiger partial charge on any atom is 0.416 e. The number of hydrogen-bond donors (Lipinski definition) is 4. The summed E-state index contributed by atoms with van der Waals surface area (Å²) in [4.78, 5) is 67.6. The van der Waals surface area contributed by atoms with Crippen molar-refractivity contribution in [2.24, 2.45) is 5.92 Å². The van der Waals surface area contributed by atoms with E-state index in [4.69, 9.17) is 11.6 Å². The molecule has 0 radical (unpaired) electrons. The zero-order valence-electron chi connectivity index (χ0n) is 21.1. The van der Waals surface area contributed by atoms with E-state index in [1.807, 2.05) is 0 Å². The fourth-order valence-electron chi connectivity index (χ4n) is 4.28. The maximum atomic E-state index is 13.3. The lowest BCUT2D eigenvalue weighted by molar-refractivity contribution is -0.139. The predicted molar refractivity (Wildman–Crippen MR) is 136 cm³/mol. The SMILES string of the molecule is C[C@@H]1C[C@@H](C[C@H](NC(=O)c2cc(Cl)ccc2NC(=O)c2cc(C(F)(F)F)ccn2)C(=O)C(=O)NC2CC2)C(=O)N1. The number of aromatic nitrogens is 1. The van der Waals surface area contributed by atoms with Crippen molar-refractivity contribution in [1.29, 1.82) is 0 Å². The molecular formula is C26H25ClF3N5O5. The van der Waals surface area contributed by atoms with E-state index in [1.165, 1.54) is 18.2 Å². The van der Waals surface area contributed by atoms with Crippen molar-refractivity contribution in [1.82, 2.24) is 20.9 Å². The van der Waals surface area contributed by atoms with Crippen molar-refractivity contribution in [3.63, 3.8) is 0 Å². The van der Waals surface area contributed by atoms with Gasteiger partial charge in [0, 0.05) is 29.2 Å². The molecule has 3 atom stereocenters. The molecule has 2 aromatic rings. The molecule has 10 nitrogen and oxygen atoms in total. The standard InChI is InChI=1S/C26H25ClF3N5O5/c1-12-8-13(22(37)32-12)9-19(21(36)25(40)33-16-3-4-16)35-23(38)17-11-15(27)2-5-18(17)34-24(39)20-10-14(6-7-31-20)26(28,29)30/h2,5-7,10-13,16,19H,3-4,8-9H2,1H3,(H,32,37)(H,33,40)(H,34,39)(H,35,38)/t12-,13+,19+/m1/s1. The number of anilines is 1. The zero-order chi connectivity index (χ0) is 29.2. The number of benzene rings is 1. The Morgan fingerprint density at radius 1 is 1.12 bits per heavy atom. The van der Waals surface area contributed by atoms with Crippen molar-refractivity contribution in [2.75, 3.05) is 5.32 Å². The lowest BCUT2D eigenvalue weighted by atomic mass is 9.93. The largest absolute Gasteiger partial charge is 0.416 e. The van der Waals surface area contributed by atoms with Crippen LogP contribution in [0.3, 0.4) is 0 Å². The number of halogens is 4. The monoisotopic (exact) mass is 579 g/mol. The molecule has 2 fully saturated rings. The molecule has 4 N–H and O–H groups in total. The first kappa shape index (κ1) is 29.0.